The van der Waals surface area contributed by atoms with Gasteiger partial charge in [-0.05, 0) is 78.1 Å². The number of urea groups is 1. The van der Waals surface area contributed by atoms with E-state index < -0.39 is 22.8 Å². The number of benzene rings is 2. The molecule has 0 radical (unpaired) electrons. The van der Waals surface area contributed by atoms with E-state index >= 15 is 0 Å². The third-order valence-electron chi connectivity index (χ3n) is 6.20. The maximum absolute atomic E-state index is 13.6. The minimum Gasteiger partial charge on any atom is -0.456 e. The lowest BCUT2D eigenvalue weighted by atomic mass is 9.89. The van der Waals surface area contributed by atoms with Crippen LogP contribution in [0, 0.1) is 11.3 Å². The van der Waals surface area contributed by atoms with Crippen LogP contribution in [0.25, 0.3) is 0 Å². The standard InChI is InChI=1S/C27H18ClF4N3O3/c28-23-5-3-20(13-22(23)27(30,31)32)38-25-6-1-16(11-18(25)14-33)15-37-35-10-8-24-21-4-2-19(29)12-17(21)7-9-34(24)26(35)36/h1-3,5-6,8,10-13H,4,7,9,15H2. The third kappa shape index (κ3) is 5.03. The number of nitriles is 1. The van der Waals surface area contributed by atoms with Gasteiger partial charge in [-0.15, -0.1) is 0 Å². The highest BCUT2D eigenvalue weighted by molar-refractivity contribution is 6.31. The molecule has 0 spiro atoms. The first-order valence-electron chi connectivity index (χ1n) is 11.4. The first-order valence-corrected chi connectivity index (χ1v) is 11.8. The van der Waals surface area contributed by atoms with Gasteiger partial charge in [-0.25, -0.2) is 9.18 Å². The second-order valence-corrected chi connectivity index (χ2v) is 9.02. The van der Waals surface area contributed by atoms with Gasteiger partial charge in [0.1, 0.15) is 30.0 Å². The summed E-state index contributed by atoms with van der Waals surface area (Å²) in [6, 6.07) is 9.13. The lowest BCUT2D eigenvalue weighted by Gasteiger charge is -2.37. The molecule has 2 aliphatic heterocycles. The fraction of sp³-hybridized carbons (Fsp3) is 0.185. The summed E-state index contributed by atoms with van der Waals surface area (Å²) >= 11 is 5.65. The molecular weight excluding hydrogens is 526 g/mol. The number of nitrogens with zero attached hydrogens (tertiary/aromatic N) is 3. The van der Waals surface area contributed by atoms with E-state index in [1.165, 1.54) is 36.6 Å². The van der Waals surface area contributed by atoms with Gasteiger partial charge in [-0.2, -0.15) is 23.5 Å². The molecule has 2 aromatic rings. The molecule has 11 heteroatoms. The van der Waals surface area contributed by atoms with Gasteiger partial charge in [0.25, 0.3) is 0 Å². The summed E-state index contributed by atoms with van der Waals surface area (Å²) in [5.41, 5.74) is 2.03. The van der Waals surface area contributed by atoms with Gasteiger partial charge < -0.3 is 4.74 Å². The molecule has 194 valence electrons. The van der Waals surface area contributed by atoms with Crippen LogP contribution in [0.4, 0.5) is 22.4 Å². The molecule has 0 bridgehead atoms. The number of alkyl halides is 3. The molecule has 6 nitrogen and oxygen atoms in total. The molecule has 0 unspecified atom stereocenters. The van der Waals surface area contributed by atoms with E-state index in [-0.39, 0.29) is 29.5 Å². The van der Waals surface area contributed by atoms with Crippen molar-refractivity contribution in [2.24, 2.45) is 0 Å². The van der Waals surface area contributed by atoms with E-state index in [9.17, 15) is 27.6 Å². The number of hydrogen-bond acceptors (Lipinski definition) is 4. The van der Waals surface area contributed by atoms with Crippen LogP contribution in [-0.4, -0.2) is 22.5 Å². The van der Waals surface area contributed by atoms with Crippen LogP contribution in [0.1, 0.15) is 29.5 Å². The number of halogens is 5. The summed E-state index contributed by atoms with van der Waals surface area (Å²) in [5.74, 6) is -0.361. The van der Waals surface area contributed by atoms with Crippen LogP contribution in [0.2, 0.25) is 5.02 Å². The highest BCUT2D eigenvalue weighted by Crippen LogP contribution is 2.39. The molecule has 0 saturated heterocycles. The SMILES string of the molecule is N#Cc1cc(CON2C=CC3=C4CC=C(F)C=C4CCN3C2=O)ccc1Oc1ccc(Cl)c(C(F)(F)F)c1. The molecule has 0 saturated carbocycles. The zero-order valence-corrected chi connectivity index (χ0v) is 20.3. The number of carbonyl (C=O) groups excluding carboxylic acids is 1. The Morgan fingerprint density at radius 3 is 2.74 bits per heavy atom. The van der Waals surface area contributed by atoms with Gasteiger partial charge >= 0.3 is 12.2 Å². The Balaban J connectivity index is 1.29. The van der Waals surface area contributed by atoms with E-state index in [0.717, 1.165) is 28.3 Å². The lowest BCUT2D eigenvalue weighted by molar-refractivity contribution is -0.137. The van der Waals surface area contributed by atoms with Crippen LogP contribution >= 0.6 is 11.6 Å². The van der Waals surface area contributed by atoms with Crippen molar-refractivity contribution >= 4 is 17.6 Å². The van der Waals surface area contributed by atoms with E-state index in [2.05, 4.69) is 0 Å². The van der Waals surface area contributed by atoms with Crippen molar-refractivity contribution in [3.05, 3.63) is 105 Å². The van der Waals surface area contributed by atoms with Gasteiger partial charge in [0, 0.05) is 12.7 Å². The number of hydrogen-bond donors (Lipinski definition) is 0. The first-order chi connectivity index (χ1) is 18.1. The van der Waals surface area contributed by atoms with Crippen LogP contribution in [-0.2, 0) is 17.6 Å². The zero-order valence-electron chi connectivity index (χ0n) is 19.6. The normalized spacial score (nSPS) is 17.0. The molecule has 0 fully saturated rings. The predicted octanol–water partition coefficient (Wildman–Crippen LogP) is 7.55. The molecule has 38 heavy (non-hydrogen) atoms. The van der Waals surface area contributed by atoms with Gasteiger partial charge in [0.2, 0.25) is 0 Å². The van der Waals surface area contributed by atoms with Crippen LogP contribution in [0.15, 0.2) is 83.5 Å². The summed E-state index contributed by atoms with van der Waals surface area (Å²) in [6.07, 6.45) is 2.46. The Morgan fingerprint density at radius 2 is 1.97 bits per heavy atom. The average Bonchev–Trinajstić information content (AvgIpc) is 2.89. The van der Waals surface area contributed by atoms with Crippen molar-refractivity contribution < 1.29 is 31.9 Å². The lowest BCUT2D eigenvalue weighted by Crippen LogP contribution is -2.45. The minimum absolute atomic E-state index is 0.0482. The molecule has 0 aromatic heterocycles. The number of hydroxylamine groups is 2. The van der Waals surface area contributed by atoms with Gasteiger partial charge in [0.05, 0.1) is 21.8 Å². The van der Waals surface area contributed by atoms with E-state index in [1.54, 1.807) is 17.0 Å². The number of amides is 2. The van der Waals surface area contributed by atoms with Crippen LogP contribution < -0.4 is 4.74 Å². The summed E-state index contributed by atoms with van der Waals surface area (Å²) in [4.78, 5) is 20.2. The molecule has 1 aliphatic carbocycles. The fourth-order valence-corrected chi connectivity index (χ4v) is 4.58. The Bertz CT molecular complexity index is 1490. The molecule has 2 aromatic carbocycles. The molecule has 0 atom stereocenters. The van der Waals surface area contributed by atoms with Crippen LogP contribution in [0.5, 0.6) is 11.5 Å². The van der Waals surface area contributed by atoms with Gasteiger partial charge in [0.15, 0.2) is 0 Å². The van der Waals surface area contributed by atoms with Crippen LogP contribution in [0.3, 0.4) is 0 Å². The van der Waals surface area contributed by atoms with Crippen molar-refractivity contribution in [3.8, 4) is 17.6 Å². The first kappa shape index (κ1) is 25.6. The fourth-order valence-electron chi connectivity index (χ4n) is 4.36. The number of carbonyl (C=O) groups is 1. The monoisotopic (exact) mass is 543 g/mol. The Morgan fingerprint density at radius 1 is 1.16 bits per heavy atom. The van der Waals surface area contributed by atoms with Crippen molar-refractivity contribution in [2.45, 2.75) is 25.6 Å². The highest BCUT2D eigenvalue weighted by Gasteiger charge is 2.34. The van der Waals surface area contributed by atoms with Gasteiger partial charge in [-0.1, -0.05) is 17.7 Å². The Hall–Kier alpha value is -4.07. The Kier molecular flexibility index (Phi) is 6.73. The number of rotatable bonds is 5. The Labute approximate surface area is 219 Å². The van der Waals surface area contributed by atoms with Crippen molar-refractivity contribution in [1.29, 1.82) is 5.26 Å². The molecule has 5 rings (SSSR count). The molecular formula is C27H18ClF4N3O3. The molecule has 2 heterocycles. The van der Waals surface area contributed by atoms with E-state index in [0.29, 0.717) is 30.6 Å². The summed E-state index contributed by atoms with van der Waals surface area (Å²) in [7, 11) is 0. The maximum atomic E-state index is 13.6. The van der Waals surface area contributed by atoms with Gasteiger partial charge in [-0.3, -0.25) is 9.74 Å². The largest absolute Gasteiger partial charge is 0.456 e. The topological polar surface area (TPSA) is 65.8 Å². The second-order valence-electron chi connectivity index (χ2n) is 8.61. The van der Waals surface area contributed by atoms with E-state index in [4.69, 9.17) is 21.2 Å². The molecule has 2 amide bonds. The molecule has 0 N–H and O–H groups in total. The van der Waals surface area contributed by atoms with Crippen molar-refractivity contribution in [2.75, 3.05) is 6.54 Å². The predicted molar refractivity (Wildman–Crippen MR) is 129 cm³/mol. The average molecular weight is 544 g/mol. The summed E-state index contributed by atoms with van der Waals surface area (Å²) < 4.78 is 58.6. The second kappa shape index (κ2) is 10.0. The number of ether oxygens (including phenoxy) is 1. The smallest absolute Gasteiger partial charge is 0.417 e. The summed E-state index contributed by atoms with van der Waals surface area (Å²) in [6.45, 7) is 0.315. The molecule has 3 aliphatic rings. The quantitative estimate of drug-likeness (QED) is 0.365. The summed E-state index contributed by atoms with van der Waals surface area (Å²) in [5, 5.41) is 10.2. The zero-order chi connectivity index (χ0) is 27.0. The highest BCUT2D eigenvalue weighted by atomic mass is 35.5. The van der Waals surface area contributed by atoms with Crippen molar-refractivity contribution in [1.82, 2.24) is 9.96 Å². The third-order valence-corrected chi connectivity index (χ3v) is 6.53. The van der Waals surface area contributed by atoms with Crippen molar-refractivity contribution in [3.63, 3.8) is 0 Å². The minimum atomic E-state index is -4.66. The maximum Gasteiger partial charge on any atom is 0.417 e. The number of allylic oxidation sites excluding steroid dienone is 5. The number of fused-ring (bicyclic) bond motifs is 2. The van der Waals surface area contributed by atoms with E-state index in [1.807, 2.05) is 6.07 Å².